The van der Waals surface area contributed by atoms with E-state index in [0.29, 0.717) is 0 Å². The largest absolute Gasteiger partial charge is 0.394 e. The van der Waals surface area contributed by atoms with Gasteiger partial charge in [0.15, 0.2) is 0 Å². The molecule has 0 bridgehead atoms. The van der Waals surface area contributed by atoms with E-state index < -0.39 is 8.56 Å². The van der Waals surface area contributed by atoms with Crippen molar-refractivity contribution >= 4 is 8.56 Å². The molecule has 3 rings (SSSR count). The van der Waals surface area contributed by atoms with E-state index in [1.165, 1.54) is 25.7 Å². The van der Waals surface area contributed by atoms with E-state index in [4.69, 9.17) is 18.3 Å². The highest BCUT2D eigenvalue weighted by atomic mass is 28.4. The summed E-state index contributed by atoms with van der Waals surface area (Å²) in [4.78, 5) is 0. The third-order valence-corrected chi connectivity index (χ3v) is 8.28. The van der Waals surface area contributed by atoms with Gasteiger partial charge < -0.3 is 18.3 Å². The average molecular weight is 371 g/mol. The molecule has 25 heavy (non-hydrogen) atoms. The second-order valence-corrected chi connectivity index (χ2v) is 10.7. The van der Waals surface area contributed by atoms with E-state index >= 15 is 0 Å². The zero-order valence-corrected chi connectivity index (χ0v) is 17.7. The maximum Gasteiger partial charge on any atom is 0.338 e. The van der Waals surface area contributed by atoms with Crippen LogP contribution in [-0.2, 0) is 18.3 Å². The van der Waals surface area contributed by atoms with Gasteiger partial charge in [-0.3, -0.25) is 0 Å². The molecule has 5 heteroatoms. The minimum Gasteiger partial charge on any atom is -0.394 e. The van der Waals surface area contributed by atoms with Crippen LogP contribution in [-0.4, -0.2) is 47.2 Å². The molecular weight excluding hydrogens is 332 g/mol. The Kier molecular flexibility index (Phi) is 10.2. The number of hydrogen-bond donors (Lipinski definition) is 0. The zero-order chi connectivity index (χ0) is 18.8. The summed E-state index contributed by atoms with van der Waals surface area (Å²) in [6.07, 6.45) is 9.01. The molecule has 0 radical (unpaired) electrons. The highest BCUT2D eigenvalue weighted by Crippen LogP contribution is 2.45. The second-order valence-electron chi connectivity index (χ2n) is 7.23. The summed E-state index contributed by atoms with van der Waals surface area (Å²) < 4.78 is 21.5. The van der Waals surface area contributed by atoms with Crippen LogP contribution >= 0.6 is 0 Å². The van der Waals surface area contributed by atoms with Crippen molar-refractivity contribution in [3.05, 3.63) is 25.3 Å². The van der Waals surface area contributed by atoms with Gasteiger partial charge in [-0.2, -0.15) is 0 Å². The SMILES string of the molecule is C=CC1(C)CO1.C=CCOCC1CC1.CCO[Si](C)(OCC)C1CC1. The van der Waals surface area contributed by atoms with Gasteiger partial charge in [0, 0.05) is 25.4 Å². The Balaban J connectivity index is 0.000000197. The number of hydrogen-bond acceptors (Lipinski definition) is 4. The first kappa shape index (κ1) is 22.6. The second kappa shape index (κ2) is 11.3. The topological polar surface area (TPSA) is 40.2 Å². The fourth-order valence-electron chi connectivity index (χ4n) is 2.29. The maximum absolute atomic E-state index is 5.71. The Morgan fingerprint density at radius 2 is 1.68 bits per heavy atom. The summed E-state index contributed by atoms with van der Waals surface area (Å²) in [6, 6.07) is 0. The molecule has 0 amide bonds. The van der Waals surface area contributed by atoms with Crippen LogP contribution in [0.3, 0.4) is 0 Å². The van der Waals surface area contributed by atoms with Crippen LogP contribution in [0.25, 0.3) is 0 Å². The molecule has 1 atom stereocenters. The Labute approximate surface area is 155 Å². The molecule has 1 heterocycles. The van der Waals surface area contributed by atoms with E-state index in [9.17, 15) is 0 Å². The van der Waals surface area contributed by atoms with Gasteiger partial charge in [0.2, 0.25) is 0 Å². The summed E-state index contributed by atoms with van der Waals surface area (Å²) >= 11 is 0. The summed E-state index contributed by atoms with van der Waals surface area (Å²) in [5.41, 5.74) is 0.836. The van der Waals surface area contributed by atoms with Crippen molar-refractivity contribution in [1.82, 2.24) is 0 Å². The van der Waals surface area contributed by atoms with Crippen molar-refractivity contribution in [1.29, 1.82) is 0 Å². The van der Waals surface area contributed by atoms with Crippen molar-refractivity contribution in [2.24, 2.45) is 5.92 Å². The van der Waals surface area contributed by atoms with Crippen LogP contribution in [0.5, 0.6) is 0 Å². The normalized spacial score (nSPS) is 24.3. The maximum atomic E-state index is 5.71. The molecule has 3 aliphatic rings. The first-order chi connectivity index (χ1) is 11.9. The number of ether oxygens (including phenoxy) is 2. The molecule has 1 aliphatic heterocycles. The van der Waals surface area contributed by atoms with Gasteiger partial charge in [-0.1, -0.05) is 12.2 Å². The minimum atomic E-state index is -1.72. The van der Waals surface area contributed by atoms with Gasteiger partial charge >= 0.3 is 8.56 Å². The molecule has 0 N–H and O–H groups in total. The molecular formula is C20H38O4Si. The molecule has 0 aromatic heterocycles. The van der Waals surface area contributed by atoms with E-state index in [1.54, 1.807) is 6.08 Å². The number of epoxide rings is 1. The summed E-state index contributed by atoms with van der Waals surface area (Å²) in [6.45, 7) is 19.6. The lowest BCUT2D eigenvalue weighted by Crippen LogP contribution is -2.39. The predicted molar refractivity (Wildman–Crippen MR) is 106 cm³/mol. The monoisotopic (exact) mass is 370 g/mol. The minimum absolute atomic E-state index is 0.0556. The highest BCUT2D eigenvalue weighted by Gasteiger charge is 2.47. The lowest BCUT2D eigenvalue weighted by molar-refractivity contribution is 0.151. The van der Waals surface area contributed by atoms with E-state index in [0.717, 1.165) is 44.5 Å². The highest BCUT2D eigenvalue weighted by molar-refractivity contribution is 6.68. The van der Waals surface area contributed by atoms with Gasteiger partial charge in [-0.05, 0) is 58.9 Å². The molecule has 0 spiro atoms. The number of rotatable bonds is 10. The summed E-state index contributed by atoms with van der Waals surface area (Å²) in [5, 5.41) is 0. The van der Waals surface area contributed by atoms with Crippen molar-refractivity contribution in [3.63, 3.8) is 0 Å². The van der Waals surface area contributed by atoms with Crippen LogP contribution in [0.1, 0.15) is 46.5 Å². The van der Waals surface area contributed by atoms with Crippen LogP contribution < -0.4 is 0 Å². The van der Waals surface area contributed by atoms with Crippen LogP contribution in [0.4, 0.5) is 0 Å². The molecule has 1 unspecified atom stereocenters. The first-order valence-electron chi connectivity index (χ1n) is 9.67. The summed E-state index contributed by atoms with van der Waals surface area (Å²) in [5.74, 6) is 0.884. The molecule has 4 nitrogen and oxygen atoms in total. The Morgan fingerprint density at radius 1 is 1.12 bits per heavy atom. The third-order valence-electron chi connectivity index (χ3n) is 4.50. The third kappa shape index (κ3) is 10.3. The molecule has 146 valence electrons. The molecule has 0 aromatic carbocycles. The van der Waals surface area contributed by atoms with E-state index in [1.807, 2.05) is 26.8 Å². The van der Waals surface area contributed by atoms with Gasteiger partial charge in [0.05, 0.1) is 13.2 Å². The van der Waals surface area contributed by atoms with Crippen LogP contribution in [0, 0.1) is 5.92 Å². The average Bonchev–Trinajstić information content (AvgIpc) is 3.45. The molecule has 2 saturated carbocycles. The Hall–Kier alpha value is -0.463. The molecule has 0 aromatic rings. The zero-order valence-electron chi connectivity index (χ0n) is 16.7. The van der Waals surface area contributed by atoms with E-state index in [2.05, 4.69) is 19.7 Å². The van der Waals surface area contributed by atoms with Gasteiger partial charge in [0.1, 0.15) is 5.60 Å². The quantitative estimate of drug-likeness (QED) is 0.238. The smallest absolute Gasteiger partial charge is 0.338 e. The lowest BCUT2D eigenvalue weighted by Gasteiger charge is -2.25. The van der Waals surface area contributed by atoms with Gasteiger partial charge in [0.25, 0.3) is 0 Å². The molecule has 3 fully saturated rings. The van der Waals surface area contributed by atoms with Gasteiger partial charge in [-0.25, -0.2) is 0 Å². The first-order valence-corrected chi connectivity index (χ1v) is 12.1. The standard InChI is InChI=1S/C8H18O2Si.C7H12O.C5H8O/c1-4-9-11(3,10-5-2)8-6-7-8;1-2-5-8-6-7-3-4-7;1-3-5(2)4-6-5/h8H,4-7H2,1-3H3;2,7H,1,3-6H2;3H,1,4H2,2H3. The van der Waals surface area contributed by atoms with Gasteiger partial charge in [-0.15, -0.1) is 13.2 Å². The summed E-state index contributed by atoms with van der Waals surface area (Å²) in [7, 11) is -1.72. The Morgan fingerprint density at radius 3 is 1.96 bits per heavy atom. The van der Waals surface area contributed by atoms with Crippen molar-refractivity contribution in [2.45, 2.75) is 64.1 Å². The predicted octanol–water partition coefficient (Wildman–Crippen LogP) is 4.86. The van der Waals surface area contributed by atoms with Crippen molar-refractivity contribution in [2.75, 3.05) is 33.0 Å². The molecule has 1 saturated heterocycles. The lowest BCUT2D eigenvalue weighted by atomic mass is 10.2. The fourth-order valence-corrected chi connectivity index (χ4v) is 5.21. The van der Waals surface area contributed by atoms with Crippen molar-refractivity contribution < 1.29 is 18.3 Å². The fraction of sp³-hybridized carbons (Fsp3) is 0.800. The Bertz CT molecular complexity index is 381. The van der Waals surface area contributed by atoms with Crippen LogP contribution in [0.15, 0.2) is 25.3 Å². The van der Waals surface area contributed by atoms with E-state index in [-0.39, 0.29) is 5.60 Å². The van der Waals surface area contributed by atoms with Crippen molar-refractivity contribution in [3.8, 4) is 0 Å². The molecule has 2 aliphatic carbocycles. The van der Waals surface area contributed by atoms with Crippen LogP contribution in [0.2, 0.25) is 12.1 Å².